The number of hydrogen-bond donors (Lipinski definition) is 0. The number of carbonyl (C=O) groups is 2. The van der Waals surface area contributed by atoms with E-state index < -0.39 is 11.7 Å². The van der Waals surface area contributed by atoms with E-state index in [1.54, 1.807) is 6.07 Å². The number of rotatable bonds is 5. The fourth-order valence-electron chi connectivity index (χ4n) is 1.97. The van der Waals surface area contributed by atoms with Gasteiger partial charge in [0.25, 0.3) is 11.7 Å². The molecule has 0 radical (unpaired) electrons. The molecule has 19 heavy (non-hydrogen) atoms. The van der Waals surface area contributed by atoms with Crippen LogP contribution in [0.2, 0.25) is 10.0 Å². The summed E-state index contributed by atoms with van der Waals surface area (Å²) >= 11 is 12.0. The molecule has 0 unspecified atom stereocenters. The molecule has 0 bridgehead atoms. The van der Waals surface area contributed by atoms with Crippen LogP contribution >= 0.6 is 23.2 Å². The number of nitrogens with zero attached hydrogens (tertiary/aromatic N) is 1. The van der Waals surface area contributed by atoms with Gasteiger partial charge in [-0.3, -0.25) is 9.59 Å². The summed E-state index contributed by atoms with van der Waals surface area (Å²) in [6, 6.07) is 3.10. The number of amides is 1. The van der Waals surface area contributed by atoms with Crippen LogP contribution < -0.4 is 4.90 Å². The summed E-state index contributed by atoms with van der Waals surface area (Å²) in [5.74, 6) is -1.22. The first-order valence-electron chi connectivity index (χ1n) is 5.99. The van der Waals surface area contributed by atoms with Crippen LogP contribution in [0.5, 0.6) is 0 Å². The van der Waals surface area contributed by atoms with Crippen molar-refractivity contribution in [1.29, 1.82) is 0 Å². The molecule has 4 nitrogen and oxygen atoms in total. The maximum Gasteiger partial charge on any atom is 0.299 e. The van der Waals surface area contributed by atoms with E-state index in [-0.39, 0.29) is 17.1 Å². The maximum absolute atomic E-state index is 11.9. The highest BCUT2D eigenvalue weighted by Gasteiger charge is 2.38. The third kappa shape index (κ3) is 2.61. The number of ether oxygens (including phenoxy) is 1. The summed E-state index contributed by atoms with van der Waals surface area (Å²) < 4.78 is 5.33. The van der Waals surface area contributed by atoms with Gasteiger partial charge in [0, 0.05) is 13.2 Å². The van der Waals surface area contributed by atoms with Crippen molar-refractivity contribution in [2.75, 3.05) is 24.7 Å². The van der Waals surface area contributed by atoms with Gasteiger partial charge in [-0.2, -0.15) is 0 Å². The molecule has 2 rings (SSSR count). The van der Waals surface area contributed by atoms with E-state index in [0.29, 0.717) is 23.9 Å². The third-order valence-electron chi connectivity index (χ3n) is 2.82. The first-order chi connectivity index (χ1) is 9.07. The van der Waals surface area contributed by atoms with Crippen LogP contribution in [0.25, 0.3) is 0 Å². The second-order valence-corrected chi connectivity index (χ2v) is 4.97. The predicted octanol–water partition coefficient (Wildman–Crippen LogP) is 2.95. The normalized spacial score (nSPS) is 14.2. The van der Waals surface area contributed by atoms with Gasteiger partial charge in [-0.1, -0.05) is 30.1 Å². The first-order valence-corrected chi connectivity index (χ1v) is 6.75. The quantitative estimate of drug-likeness (QED) is 0.620. The Kier molecular flexibility index (Phi) is 4.45. The van der Waals surface area contributed by atoms with Crippen LogP contribution in [0.15, 0.2) is 12.1 Å². The van der Waals surface area contributed by atoms with Gasteiger partial charge >= 0.3 is 0 Å². The standard InChI is InChI=1S/C13H13Cl2NO3/c1-2-6-19-7-5-16-11-9(15)4-3-8(14)10(11)12(17)13(16)18/h3-4H,2,5-7H2,1H3. The zero-order chi connectivity index (χ0) is 14.0. The Morgan fingerprint density at radius 1 is 1.16 bits per heavy atom. The molecule has 1 aromatic rings. The molecule has 0 aliphatic carbocycles. The van der Waals surface area contributed by atoms with Crippen LogP contribution in [-0.4, -0.2) is 31.4 Å². The Morgan fingerprint density at radius 3 is 2.53 bits per heavy atom. The highest BCUT2D eigenvalue weighted by Crippen LogP contribution is 2.39. The number of anilines is 1. The van der Waals surface area contributed by atoms with Gasteiger partial charge in [0.15, 0.2) is 0 Å². The summed E-state index contributed by atoms with van der Waals surface area (Å²) in [5.41, 5.74) is 0.582. The molecular weight excluding hydrogens is 289 g/mol. The lowest BCUT2D eigenvalue weighted by Gasteiger charge is -2.17. The lowest BCUT2D eigenvalue weighted by atomic mass is 10.1. The number of carbonyl (C=O) groups excluding carboxylic acids is 2. The van der Waals surface area contributed by atoms with Gasteiger partial charge in [-0.15, -0.1) is 0 Å². The monoisotopic (exact) mass is 301 g/mol. The van der Waals surface area contributed by atoms with Crippen molar-refractivity contribution in [3.05, 3.63) is 27.7 Å². The summed E-state index contributed by atoms with van der Waals surface area (Å²) in [7, 11) is 0. The molecule has 0 aromatic heterocycles. The molecular formula is C13H13Cl2NO3. The van der Waals surface area contributed by atoms with Gasteiger partial charge in [0.05, 0.1) is 27.9 Å². The SMILES string of the molecule is CCCOCCN1C(=O)C(=O)c2c(Cl)ccc(Cl)c21. The molecule has 1 amide bonds. The van der Waals surface area contributed by atoms with Gasteiger partial charge in [-0.05, 0) is 18.6 Å². The summed E-state index contributed by atoms with van der Waals surface area (Å²) in [6.07, 6.45) is 0.899. The molecule has 0 atom stereocenters. The largest absolute Gasteiger partial charge is 0.380 e. The highest BCUT2D eigenvalue weighted by molar-refractivity contribution is 6.56. The maximum atomic E-state index is 11.9. The molecule has 6 heteroatoms. The van der Waals surface area contributed by atoms with Crippen LogP contribution in [0, 0.1) is 0 Å². The number of Topliss-reactive ketones (excluding diaryl/α,β-unsaturated/α-hetero) is 1. The van der Waals surface area contributed by atoms with E-state index in [2.05, 4.69) is 0 Å². The Hall–Kier alpha value is -1.10. The molecule has 0 saturated carbocycles. The average Bonchev–Trinajstić information content (AvgIpc) is 2.65. The molecule has 0 fully saturated rings. The second kappa shape index (κ2) is 5.90. The minimum absolute atomic E-state index is 0.189. The van der Waals surface area contributed by atoms with E-state index in [1.165, 1.54) is 11.0 Å². The van der Waals surface area contributed by atoms with Crippen molar-refractivity contribution >= 4 is 40.6 Å². The van der Waals surface area contributed by atoms with Gasteiger partial charge in [0.2, 0.25) is 0 Å². The Bertz CT molecular complexity index is 531. The molecule has 1 aromatic carbocycles. The lowest BCUT2D eigenvalue weighted by molar-refractivity contribution is -0.114. The molecule has 102 valence electrons. The van der Waals surface area contributed by atoms with Gasteiger partial charge in [0.1, 0.15) is 0 Å². The summed E-state index contributed by atoms with van der Waals surface area (Å²) in [6.45, 7) is 3.26. The topological polar surface area (TPSA) is 46.6 Å². The number of benzene rings is 1. The fourth-order valence-corrected chi connectivity index (χ4v) is 2.47. The zero-order valence-corrected chi connectivity index (χ0v) is 11.9. The van der Waals surface area contributed by atoms with E-state index >= 15 is 0 Å². The average molecular weight is 302 g/mol. The minimum atomic E-state index is -0.613. The molecule has 1 aliphatic heterocycles. The summed E-state index contributed by atoms with van der Waals surface area (Å²) in [4.78, 5) is 25.2. The molecule has 1 aliphatic rings. The van der Waals surface area contributed by atoms with Crippen molar-refractivity contribution < 1.29 is 14.3 Å². The molecule has 1 heterocycles. The van der Waals surface area contributed by atoms with E-state index in [1.807, 2.05) is 6.92 Å². The fraction of sp³-hybridized carbons (Fsp3) is 0.385. The number of halogens is 2. The zero-order valence-electron chi connectivity index (χ0n) is 10.4. The van der Waals surface area contributed by atoms with Crippen LogP contribution in [-0.2, 0) is 9.53 Å². The number of ketones is 1. The van der Waals surface area contributed by atoms with E-state index in [4.69, 9.17) is 27.9 Å². The van der Waals surface area contributed by atoms with Crippen LogP contribution in [0.3, 0.4) is 0 Å². The molecule has 0 spiro atoms. The van der Waals surface area contributed by atoms with Crippen molar-refractivity contribution in [3.8, 4) is 0 Å². The van der Waals surface area contributed by atoms with Crippen molar-refractivity contribution in [2.45, 2.75) is 13.3 Å². The molecule has 0 saturated heterocycles. The van der Waals surface area contributed by atoms with Crippen LogP contribution in [0.4, 0.5) is 5.69 Å². The Morgan fingerprint density at radius 2 is 1.84 bits per heavy atom. The van der Waals surface area contributed by atoms with Crippen LogP contribution in [0.1, 0.15) is 23.7 Å². The Balaban J connectivity index is 2.26. The third-order valence-corrected chi connectivity index (χ3v) is 3.44. The second-order valence-electron chi connectivity index (χ2n) is 4.15. The number of hydrogen-bond acceptors (Lipinski definition) is 3. The van der Waals surface area contributed by atoms with Crippen molar-refractivity contribution in [2.24, 2.45) is 0 Å². The first kappa shape index (κ1) is 14.3. The van der Waals surface area contributed by atoms with E-state index in [0.717, 1.165) is 6.42 Å². The van der Waals surface area contributed by atoms with Gasteiger partial charge in [-0.25, -0.2) is 0 Å². The van der Waals surface area contributed by atoms with E-state index in [9.17, 15) is 9.59 Å². The number of fused-ring (bicyclic) bond motifs is 1. The smallest absolute Gasteiger partial charge is 0.299 e. The summed E-state index contributed by atoms with van der Waals surface area (Å²) in [5, 5.41) is 0.587. The Labute approximate surface area is 121 Å². The van der Waals surface area contributed by atoms with Gasteiger partial charge < -0.3 is 9.64 Å². The van der Waals surface area contributed by atoms with Crippen molar-refractivity contribution in [1.82, 2.24) is 0 Å². The lowest BCUT2D eigenvalue weighted by Crippen LogP contribution is -2.33. The minimum Gasteiger partial charge on any atom is -0.380 e. The highest BCUT2D eigenvalue weighted by atomic mass is 35.5. The predicted molar refractivity (Wildman–Crippen MR) is 74.3 cm³/mol. The van der Waals surface area contributed by atoms with Crippen molar-refractivity contribution in [3.63, 3.8) is 0 Å². The molecule has 0 N–H and O–H groups in total.